The predicted molar refractivity (Wildman–Crippen MR) is 80.6 cm³/mol. The second kappa shape index (κ2) is 5.16. The van der Waals surface area contributed by atoms with Crippen LogP contribution in [0.3, 0.4) is 0 Å². The number of hydrogen-bond acceptors (Lipinski definition) is 5. The van der Waals surface area contributed by atoms with E-state index in [-0.39, 0.29) is 0 Å². The number of aryl methyl sites for hydroxylation is 1. The van der Waals surface area contributed by atoms with E-state index in [1.54, 1.807) is 18.8 Å². The van der Waals surface area contributed by atoms with Crippen molar-refractivity contribution in [3.8, 4) is 0 Å². The molecular formula is C13H16N6S. The third-order valence-corrected chi connectivity index (χ3v) is 3.97. The number of nitrogens with zero attached hydrogens (tertiary/aromatic N) is 5. The van der Waals surface area contributed by atoms with Gasteiger partial charge in [-0.25, -0.2) is 0 Å². The molecule has 2 N–H and O–H groups in total. The summed E-state index contributed by atoms with van der Waals surface area (Å²) in [6, 6.07) is 6.13. The molecule has 3 rings (SSSR count). The maximum atomic E-state index is 6.01. The van der Waals surface area contributed by atoms with Gasteiger partial charge in [-0.1, -0.05) is 6.92 Å². The Hall–Kier alpha value is -2.02. The van der Waals surface area contributed by atoms with Crippen molar-refractivity contribution in [2.24, 2.45) is 7.05 Å². The first kappa shape index (κ1) is 13.0. The molecular weight excluding hydrogens is 272 g/mol. The lowest BCUT2D eigenvalue weighted by Crippen LogP contribution is -2.01. The number of fused-ring (bicyclic) bond motifs is 1. The van der Waals surface area contributed by atoms with Crippen LogP contribution in [0.4, 0.5) is 5.69 Å². The van der Waals surface area contributed by atoms with Crippen LogP contribution in [-0.4, -0.2) is 30.5 Å². The van der Waals surface area contributed by atoms with Gasteiger partial charge in [-0.3, -0.25) is 0 Å². The van der Waals surface area contributed by atoms with Crippen molar-refractivity contribution in [3.05, 3.63) is 30.2 Å². The third kappa shape index (κ3) is 2.36. The Kier molecular flexibility index (Phi) is 3.35. The fourth-order valence-electron chi connectivity index (χ4n) is 2.23. The van der Waals surface area contributed by atoms with Gasteiger partial charge in [0.1, 0.15) is 0 Å². The minimum Gasteiger partial charge on any atom is -0.399 e. The lowest BCUT2D eigenvalue weighted by molar-refractivity contribution is 0.626. The van der Waals surface area contributed by atoms with Crippen molar-refractivity contribution in [2.75, 3.05) is 11.5 Å². The molecule has 0 bridgehead atoms. The van der Waals surface area contributed by atoms with Crippen molar-refractivity contribution in [1.29, 1.82) is 0 Å². The number of rotatable bonds is 4. The molecule has 0 fully saturated rings. The van der Waals surface area contributed by atoms with Crippen LogP contribution >= 0.6 is 11.8 Å². The first-order valence-corrected chi connectivity index (χ1v) is 7.40. The van der Waals surface area contributed by atoms with Gasteiger partial charge in [-0.2, -0.15) is 4.80 Å². The molecule has 7 heteroatoms. The minimum atomic E-state index is 0.594. The summed E-state index contributed by atoms with van der Waals surface area (Å²) in [4.78, 5) is 2.68. The number of anilines is 1. The average molecular weight is 288 g/mol. The van der Waals surface area contributed by atoms with Gasteiger partial charge in [0.05, 0.1) is 19.1 Å². The van der Waals surface area contributed by atoms with Gasteiger partial charge in [-0.05, 0) is 29.2 Å². The van der Waals surface area contributed by atoms with Crippen LogP contribution in [0, 0.1) is 0 Å². The Morgan fingerprint density at radius 3 is 2.90 bits per heavy atom. The molecule has 0 atom stereocenters. The van der Waals surface area contributed by atoms with Gasteiger partial charge >= 0.3 is 0 Å². The summed E-state index contributed by atoms with van der Waals surface area (Å²) >= 11 is 1.80. The van der Waals surface area contributed by atoms with Crippen LogP contribution in [0.25, 0.3) is 10.9 Å². The summed E-state index contributed by atoms with van der Waals surface area (Å²) in [5.74, 6) is 1.72. The zero-order chi connectivity index (χ0) is 14.1. The smallest absolute Gasteiger partial charge is 0.194 e. The molecule has 6 nitrogen and oxygen atoms in total. The van der Waals surface area contributed by atoms with Crippen LogP contribution in [-0.2, 0) is 13.6 Å². The monoisotopic (exact) mass is 288 g/mol. The van der Waals surface area contributed by atoms with Crippen LogP contribution in [0.1, 0.15) is 12.7 Å². The zero-order valence-corrected chi connectivity index (χ0v) is 12.3. The lowest BCUT2D eigenvalue weighted by Gasteiger charge is -2.06. The third-order valence-electron chi connectivity index (χ3n) is 3.03. The number of benzene rings is 1. The van der Waals surface area contributed by atoms with E-state index in [9.17, 15) is 0 Å². The summed E-state index contributed by atoms with van der Waals surface area (Å²) in [5.41, 5.74) is 7.89. The first-order valence-electron chi connectivity index (χ1n) is 6.41. The van der Waals surface area contributed by atoms with E-state index in [1.807, 2.05) is 18.3 Å². The maximum Gasteiger partial charge on any atom is 0.194 e. The van der Waals surface area contributed by atoms with Crippen LogP contribution < -0.4 is 5.73 Å². The molecule has 2 aromatic heterocycles. The van der Waals surface area contributed by atoms with Crippen molar-refractivity contribution < 1.29 is 0 Å². The Morgan fingerprint density at radius 1 is 1.35 bits per heavy atom. The number of nitrogen functional groups attached to an aromatic ring is 1. The summed E-state index contributed by atoms with van der Waals surface area (Å²) < 4.78 is 2.10. The van der Waals surface area contributed by atoms with E-state index in [2.05, 4.69) is 33.0 Å². The van der Waals surface area contributed by atoms with Crippen LogP contribution in [0.15, 0.2) is 29.3 Å². The van der Waals surface area contributed by atoms with Gasteiger partial charge in [-0.15, -0.1) is 22.0 Å². The molecule has 2 heterocycles. The molecule has 104 valence electrons. The fraction of sp³-hybridized carbons (Fsp3) is 0.308. The van der Waals surface area contributed by atoms with Crippen molar-refractivity contribution >= 4 is 28.4 Å². The van der Waals surface area contributed by atoms with Gasteiger partial charge in [0, 0.05) is 22.2 Å². The standard InChI is InChI=1S/C13H16N6S/c1-3-20-12-7-9(14)6-11-10(12)4-5-19(11)8-13-15-17-18(2)16-13/h4-7H,3,8,14H2,1-2H3. The van der Waals surface area contributed by atoms with Crippen molar-refractivity contribution in [2.45, 2.75) is 18.4 Å². The molecule has 1 aromatic carbocycles. The first-order chi connectivity index (χ1) is 9.67. The molecule has 0 spiro atoms. The number of aromatic nitrogens is 5. The summed E-state index contributed by atoms with van der Waals surface area (Å²) in [7, 11) is 1.76. The normalized spacial score (nSPS) is 11.3. The molecule has 20 heavy (non-hydrogen) atoms. The summed E-state index contributed by atoms with van der Waals surface area (Å²) in [5, 5.41) is 13.3. The van der Waals surface area contributed by atoms with Crippen LogP contribution in [0.2, 0.25) is 0 Å². The molecule has 0 unspecified atom stereocenters. The van der Waals surface area contributed by atoms with Gasteiger partial charge in [0.15, 0.2) is 5.82 Å². The highest BCUT2D eigenvalue weighted by Gasteiger charge is 2.09. The van der Waals surface area contributed by atoms with Crippen molar-refractivity contribution in [3.63, 3.8) is 0 Å². The highest BCUT2D eigenvalue weighted by molar-refractivity contribution is 7.99. The predicted octanol–water partition coefficient (Wildman–Crippen LogP) is 1.91. The van der Waals surface area contributed by atoms with Gasteiger partial charge in [0.2, 0.25) is 0 Å². The molecule has 0 aliphatic carbocycles. The number of tetrazole rings is 1. The lowest BCUT2D eigenvalue weighted by atomic mass is 10.2. The van der Waals surface area contributed by atoms with Crippen LogP contribution in [0.5, 0.6) is 0 Å². The van der Waals surface area contributed by atoms with E-state index >= 15 is 0 Å². The fourth-order valence-corrected chi connectivity index (χ4v) is 3.09. The van der Waals surface area contributed by atoms with Gasteiger partial charge in [0.25, 0.3) is 0 Å². The van der Waals surface area contributed by atoms with E-state index in [1.165, 1.54) is 15.1 Å². The second-order valence-corrected chi connectivity index (χ2v) is 5.83. The molecule has 0 saturated carbocycles. The highest BCUT2D eigenvalue weighted by Crippen LogP contribution is 2.31. The average Bonchev–Trinajstić information content (AvgIpc) is 2.98. The Labute approximate surface area is 120 Å². The Morgan fingerprint density at radius 2 is 2.20 bits per heavy atom. The highest BCUT2D eigenvalue weighted by atomic mass is 32.2. The minimum absolute atomic E-state index is 0.594. The summed E-state index contributed by atoms with van der Waals surface area (Å²) in [6.07, 6.45) is 2.04. The van der Waals surface area contributed by atoms with E-state index in [0.717, 1.165) is 17.0 Å². The number of thioether (sulfide) groups is 1. The number of hydrogen-bond donors (Lipinski definition) is 1. The molecule has 0 amide bonds. The second-order valence-electron chi connectivity index (χ2n) is 4.52. The SMILES string of the molecule is CCSc1cc(N)cc2c1ccn2Cc1nnn(C)n1. The molecule has 3 aromatic rings. The topological polar surface area (TPSA) is 74.6 Å². The Bertz CT molecular complexity index is 744. The molecule has 0 saturated heterocycles. The van der Waals surface area contributed by atoms with E-state index < -0.39 is 0 Å². The largest absolute Gasteiger partial charge is 0.399 e. The van der Waals surface area contributed by atoms with E-state index in [0.29, 0.717) is 12.4 Å². The molecule has 0 aliphatic rings. The maximum absolute atomic E-state index is 6.01. The van der Waals surface area contributed by atoms with E-state index in [4.69, 9.17) is 5.73 Å². The molecule has 0 radical (unpaired) electrons. The van der Waals surface area contributed by atoms with Gasteiger partial charge < -0.3 is 10.3 Å². The Balaban J connectivity index is 2.04. The zero-order valence-electron chi connectivity index (χ0n) is 11.4. The quantitative estimate of drug-likeness (QED) is 0.586. The number of nitrogens with two attached hydrogens (primary N) is 1. The molecule has 0 aliphatic heterocycles. The van der Waals surface area contributed by atoms with Crippen molar-refractivity contribution in [1.82, 2.24) is 24.8 Å². The summed E-state index contributed by atoms with van der Waals surface area (Å²) in [6.45, 7) is 2.73.